The van der Waals surface area contributed by atoms with Crippen molar-refractivity contribution < 1.29 is 4.74 Å². The lowest BCUT2D eigenvalue weighted by molar-refractivity contribution is 0.122. The molecule has 1 saturated carbocycles. The number of hydrogen-bond acceptors (Lipinski definition) is 5. The van der Waals surface area contributed by atoms with Crippen LogP contribution in [0, 0.1) is 6.92 Å². The molecule has 0 atom stereocenters. The standard InChI is InChI=1S/C28H32N4O/c1-21-3-5-23(6-4-21)28(12-2-13-28)24-7-9-25(10-8-24)32-14-11-26-22(20-32)19-29-27(30-26)31-15-17-33-18-16-31/h3-10,19H,2,11-18,20H2,1H3. The average molecular weight is 441 g/mol. The van der Waals surface area contributed by atoms with Gasteiger partial charge in [-0.15, -0.1) is 0 Å². The molecule has 170 valence electrons. The van der Waals surface area contributed by atoms with Gasteiger partial charge in [-0.1, -0.05) is 48.4 Å². The molecule has 3 aromatic rings. The predicted molar refractivity (Wildman–Crippen MR) is 132 cm³/mol. The number of hydrogen-bond donors (Lipinski definition) is 0. The minimum atomic E-state index is 0.199. The third kappa shape index (κ3) is 3.78. The number of morpholine rings is 1. The van der Waals surface area contributed by atoms with E-state index in [1.165, 1.54) is 52.9 Å². The fraction of sp³-hybridized carbons (Fsp3) is 0.429. The Kier molecular flexibility index (Phi) is 5.30. The van der Waals surface area contributed by atoms with Gasteiger partial charge in [-0.25, -0.2) is 9.97 Å². The number of aromatic nitrogens is 2. The van der Waals surface area contributed by atoms with Gasteiger partial charge in [0.1, 0.15) is 0 Å². The maximum atomic E-state index is 5.46. The lowest BCUT2D eigenvalue weighted by atomic mass is 9.60. The molecule has 1 aromatic heterocycles. The highest BCUT2D eigenvalue weighted by atomic mass is 16.5. The summed E-state index contributed by atoms with van der Waals surface area (Å²) < 4.78 is 5.46. The highest BCUT2D eigenvalue weighted by Gasteiger charge is 2.40. The third-order valence-electron chi connectivity index (χ3n) is 7.81. The second-order valence-electron chi connectivity index (χ2n) is 9.76. The molecule has 2 aromatic carbocycles. The van der Waals surface area contributed by atoms with Crippen LogP contribution in [0.15, 0.2) is 54.7 Å². The van der Waals surface area contributed by atoms with Gasteiger partial charge in [-0.2, -0.15) is 0 Å². The Labute approximate surface area is 196 Å². The van der Waals surface area contributed by atoms with Gasteiger partial charge in [0.2, 0.25) is 5.95 Å². The van der Waals surface area contributed by atoms with E-state index in [1.807, 2.05) is 6.20 Å². The van der Waals surface area contributed by atoms with Crippen LogP contribution in [0.25, 0.3) is 0 Å². The lowest BCUT2D eigenvalue weighted by Gasteiger charge is -2.43. The average Bonchev–Trinajstić information content (AvgIpc) is 2.85. The molecule has 3 heterocycles. The molecule has 1 saturated heterocycles. The van der Waals surface area contributed by atoms with Crippen LogP contribution in [0.4, 0.5) is 11.6 Å². The van der Waals surface area contributed by atoms with Crippen LogP contribution in [0.2, 0.25) is 0 Å². The maximum absolute atomic E-state index is 5.46. The molecular formula is C28H32N4O. The lowest BCUT2D eigenvalue weighted by Crippen LogP contribution is -2.38. The smallest absolute Gasteiger partial charge is 0.225 e. The molecule has 2 fully saturated rings. The quantitative estimate of drug-likeness (QED) is 0.591. The van der Waals surface area contributed by atoms with Crippen molar-refractivity contribution in [3.8, 4) is 0 Å². The van der Waals surface area contributed by atoms with E-state index in [1.54, 1.807) is 0 Å². The van der Waals surface area contributed by atoms with Crippen LogP contribution in [0.3, 0.4) is 0 Å². The molecule has 0 N–H and O–H groups in total. The van der Waals surface area contributed by atoms with Crippen molar-refractivity contribution >= 4 is 11.6 Å². The number of benzene rings is 2. The third-order valence-corrected chi connectivity index (χ3v) is 7.81. The van der Waals surface area contributed by atoms with Crippen molar-refractivity contribution in [3.63, 3.8) is 0 Å². The Morgan fingerprint density at radius 3 is 2.21 bits per heavy atom. The maximum Gasteiger partial charge on any atom is 0.225 e. The van der Waals surface area contributed by atoms with Crippen molar-refractivity contribution in [1.29, 1.82) is 0 Å². The Hall–Kier alpha value is -2.92. The molecule has 2 aliphatic heterocycles. The summed E-state index contributed by atoms with van der Waals surface area (Å²) in [5.74, 6) is 0.858. The molecule has 0 amide bonds. The molecule has 0 bridgehead atoms. The first-order valence-electron chi connectivity index (χ1n) is 12.3. The van der Waals surface area contributed by atoms with Gasteiger partial charge in [0, 0.05) is 55.5 Å². The minimum absolute atomic E-state index is 0.199. The zero-order valence-electron chi connectivity index (χ0n) is 19.5. The monoisotopic (exact) mass is 440 g/mol. The number of fused-ring (bicyclic) bond motifs is 1. The number of nitrogens with zero attached hydrogens (tertiary/aromatic N) is 4. The molecule has 1 aliphatic carbocycles. The zero-order valence-corrected chi connectivity index (χ0v) is 19.5. The minimum Gasteiger partial charge on any atom is -0.378 e. The van der Waals surface area contributed by atoms with Crippen molar-refractivity contribution in [1.82, 2.24) is 9.97 Å². The summed E-state index contributed by atoms with van der Waals surface area (Å²) in [6.45, 7) is 7.31. The topological polar surface area (TPSA) is 41.5 Å². The van der Waals surface area contributed by atoms with Crippen molar-refractivity contribution in [2.45, 2.75) is 44.6 Å². The summed E-state index contributed by atoms with van der Waals surface area (Å²) in [5, 5.41) is 0. The highest BCUT2D eigenvalue weighted by Crippen LogP contribution is 2.49. The summed E-state index contributed by atoms with van der Waals surface area (Å²) >= 11 is 0. The molecule has 0 radical (unpaired) electrons. The van der Waals surface area contributed by atoms with Gasteiger partial charge in [0.25, 0.3) is 0 Å². The summed E-state index contributed by atoms with van der Waals surface area (Å²) in [7, 11) is 0. The summed E-state index contributed by atoms with van der Waals surface area (Å²) in [4.78, 5) is 14.3. The van der Waals surface area contributed by atoms with E-state index in [9.17, 15) is 0 Å². The van der Waals surface area contributed by atoms with E-state index >= 15 is 0 Å². The summed E-state index contributed by atoms with van der Waals surface area (Å²) in [6.07, 6.45) is 6.80. The fourth-order valence-corrected chi connectivity index (χ4v) is 5.58. The highest BCUT2D eigenvalue weighted by molar-refractivity contribution is 5.53. The molecule has 3 aliphatic rings. The second kappa shape index (κ2) is 8.45. The summed E-state index contributed by atoms with van der Waals surface area (Å²) in [6, 6.07) is 18.5. The normalized spacial score (nSPS) is 19.7. The van der Waals surface area contributed by atoms with E-state index in [4.69, 9.17) is 9.72 Å². The summed E-state index contributed by atoms with van der Waals surface area (Å²) in [5.41, 5.74) is 8.19. The largest absolute Gasteiger partial charge is 0.378 e. The molecule has 33 heavy (non-hydrogen) atoms. The van der Waals surface area contributed by atoms with Gasteiger partial charge in [-0.05, 0) is 43.0 Å². The molecule has 0 spiro atoms. The van der Waals surface area contributed by atoms with Gasteiger partial charge in [0.15, 0.2) is 0 Å². The Bertz CT molecular complexity index is 1120. The SMILES string of the molecule is Cc1ccc(C2(c3ccc(N4CCc5nc(N6CCOCC6)ncc5C4)cc3)CCC2)cc1. The van der Waals surface area contributed by atoms with Gasteiger partial charge in [-0.3, -0.25) is 0 Å². The van der Waals surface area contributed by atoms with E-state index in [2.05, 4.69) is 70.2 Å². The van der Waals surface area contributed by atoms with Crippen LogP contribution < -0.4 is 9.80 Å². The first-order valence-corrected chi connectivity index (χ1v) is 12.3. The van der Waals surface area contributed by atoms with Crippen LogP contribution in [-0.4, -0.2) is 42.8 Å². The van der Waals surface area contributed by atoms with E-state index in [-0.39, 0.29) is 5.41 Å². The number of rotatable bonds is 4. The van der Waals surface area contributed by atoms with E-state index in [0.717, 1.165) is 51.8 Å². The Morgan fingerprint density at radius 1 is 0.848 bits per heavy atom. The molecule has 5 nitrogen and oxygen atoms in total. The molecule has 0 unspecified atom stereocenters. The van der Waals surface area contributed by atoms with E-state index < -0.39 is 0 Å². The van der Waals surface area contributed by atoms with Crippen molar-refractivity contribution in [2.75, 3.05) is 42.6 Å². The number of anilines is 2. The molecule has 5 heteroatoms. The Balaban J connectivity index is 1.19. The van der Waals surface area contributed by atoms with E-state index in [0.29, 0.717) is 0 Å². The second-order valence-corrected chi connectivity index (χ2v) is 9.76. The predicted octanol–water partition coefficient (Wildman–Crippen LogP) is 4.65. The van der Waals surface area contributed by atoms with Crippen LogP contribution in [-0.2, 0) is 23.1 Å². The van der Waals surface area contributed by atoms with Gasteiger partial charge >= 0.3 is 0 Å². The van der Waals surface area contributed by atoms with Crippen LogP contribution >= 0.6 is 0 Å². The first kappa shape index (κ1) is 20.7. The first-order chi connectivity index (χ1) is 16.2. The fourth-order valence-electron chi connectivity index (χ4n) is 5.58. The van der Waals surface area contributed by atoms with Crippen molar-refractivity contribution in [3.05, 3.63) is 82.7 Å². The van der Waals surface area contributed by atoms with Crippen LogP contribution in [0.5, 0.6) is 0 Å². The van der Waals surface area contributed by atoms with Gasteiger partial charge < -0.3 is 14.5 Å². The van der Waals surface area contributed by atoms with Gasteiger partial charge in [0.05, 0.1) is 18.9 Å². The Morgan fingerprint density at radius 2 is 1.55 bits per heavy atom. The molecular weight excluding hydrogens is 408 g/mol. The zero-order chi connectivity index (χ0) is 22.3. The van der Waals surface area contributed by atoms with Crippen LogP contribution in [0.1, 0.15) is 47.2 Å². The number of aryl methyl sites for hydroxylation is 1. The van der Waals surface area contributed by atoms with Crippen molar-refractivity contribution in [2.24, 2.45) is 0 Å². The number of ether oxygens (including phenoxy) is 1. The molecule has 6 rings (SSSR count).